The monoisotopic (exact) mass is 309 g/mol. The number of methoxy groups -OCH3 is 1. The molecule has 4 nitrogen and oxygen atoms in total. The molecule has 0 aliphatic heterocycles. The smallest absolute Gasteiger partial charge is 0.129 e. The minimum Gasteiger partial charge on any atom is -0.496 e. The summed E-state index contributed by atoms with van der Waals surface area (Å²) < 4.78 is 5.31. The van der Waals surface area contributed by atoms with Gasteiger partial charge in [0.1, 0.15) is 10.7 Å². The lowest BCUT2D eigenvalue weighted by atomic mass is 10.1. The second-order valence-corrected chi connectivity index (χ2v) is 5.92. The number of thiocarbonyl (C=S) groups is 1. The summed E-state index contributed by atoms with van der Waals surface area (Å²) in [6.07, 6.45) is 1.14. The summed E-state index contributed by atoms with van der Waals surface area (Å²) in [5.41, 5.74) is 7.81. The first-order chi connectivity index (χ1) is 9.97. The van der Waals surface area contributed by atoms with Crippen molar-refractivity contribution in [1.82, 2.24) is 9.80 Å². The molecule has 0 unspecified atom stereocenters. The van der Waals surface area contributed by atoms with Gasteiger partial charge in [-0.15, -0.1) is 0 Å². The first-order valence-corrected chi connectivity index (χ1v) is 7.72. The molecule has 118 valence electrons. The maximum Gasteiger partial charge on any atom is 0.129 e. The Morgan fingerprint density at radius 2 is 1.95 bits per heavy atom. The lowest BCUT2D eigenvalue weighted by Gasteiger charge is -2.24. The fraction of sp³-hybridized carbons (Fsp3) is 0.562. The normalized spacial score (nSPS) is 11.1. The van der Waals surface area contributed by atoms with Crippen LogP contribution in [0.2, 0.25) is 0 Å². The lowest BCUT2D eigenvalue weighted by molar-refractivity contribution is 0.234. The Labute approximate surface area is 133 Å². The quantitative estimate of drug-likeness (QED) is 0.708. The van der Waals surface area contributed by atoms with E-state index in [1.807, 2.05) is 12.1 Å². The van der Waals surface area contributed by atoms with Crippen molar-refractivity contribution in [2.75, 3.05) is 40.8 Å². The number of hydrogen-bond donors (Lipinski definition) is 1. The van der Waals surface area contributed by atoms with Gasteiger partial charge in [0.05, 0.1) is 12.7 Å². The van der Waals surface area contributed by atoms with Crippen LogP contribution >= 0.6 is 12.2 Å². The van der Waals surface area contributed by atoms with Gasteiger partial charge in [-0.25, -0.2) is 0 Å². The highest BCUT2D eigenvalue weighted by atomic mass is 32.1. The van der Waals surface area contributed by atoms with Gasteiger partial charge in [-0.05, 0) is 44.8 Å². The molecule has 0 heterocycles. The Morgan fingerprint density at radius 1 is 1.24 bits per heavy atom. The first kappa shape index (κ1) is 17.9. The molecule has 0 bridgehead atoms. The van der Waals surface area contributed by atoms with Crippen molar-refractivity contribution in [1.29, 1.82) is 0 Å². The molecule has 0 saturated heterocycles. The van der Waals surface area contributed by atoms with Gasteiger partial charge in [0, 0.05) is 19.6 Å². The molecule has 0 amide bonds. The third-order valence-corrected chi connectivity index (χ3v) is 3.56. The van der Waals surface area contributed by atoms with E-state index in [0.717, 1.165) is 43.9 Å². The Hall–Kier alpha value is -1.17. The largest absolute Gasteiger partial charge is 0.496 e. The predicted octanol–water partition coefficient (Wildman–Crippen LogP) is 2.10. The molecule has 21 heavy (non-hydrogen) atoms. The average Bonchev–Trinajstić information content (AvgIpc) is 2.44. The van der Waals surface area contributed by atoms with Crippen LogP contribution in [0.5, 0.6) is 5.75 Å². The summed E-state index contributed by atoms with van der Waals surface area (Å²) in [5.74, 6) is 0.738. The third-order valence-electron chi connectivity index (χ3n) is 3.34. The number of benzene rings is 1. The summed E-state index contributed by atoms with van der Waals surface area (Å²) in [6, 6.07) is 6.07. The Morgan fingerprint density at radius 3 is 2.48 bits per heavy atom. The summed E-state index contributed by atoms with van der Waals surface area (Å²) in [6.45, 7) is 6.30. The van der Waals surface area contributed by atoms with Crippen LogP contribution in [0.15, 0.2) is 18.2 Å². The van der Waals surface area contributed by atoms with E-state index in [1.165, 1.54) is 5.56 Å². The van der Waals surface area contributed by atoms with Crippen molar-refractivity contribution in [2.45, 2.75) is 19.9 Å². The SMILES string of the molecule is CCCN(CCN(C)C)Cc1ccc(OC)c(C(N)=S)c1. The number of ether oxygens (including phenoxy) is 1. The van der Waals surface area contributed by atoms with Crippen LogP contribution in [0.3, 0.4) is 0 Å². The molecule has 0 fully saturated rings. The van der Waals surface area contributed by atoms with E-state index in [9.17, 15) is 0 Å². The van der Waals surface area contributed by atoms with Gasteiger partial charge in [0.2, 0.25) is 0 Å². The highest BCUT2D eigenvalue weighted by Gasteiger charge is 2.10. The molecule has 0 atom stereocenters. The number of hydrogen-bond acceptors (Lipinski definition) is 4. The third kappa shape index (κ3) is 5.99. The van der Waals surface area contributed by atoms with E-state index >= 15 is 0 Å². The molecule has 0 aliphatic carbocycles. The molecule has 1 rings (SSSR count). The summed E-state index contributed by atoms with van der Waals surface area (Å²) >= 11 is 5.10. The van der Waals surface area contributed by atoms with Gasteiger partial charge in [-0.1, -0.05) is 25.2 Å². The highest BCUT2D eigenvalue weighted by Crippen LogP contribution is 2.20. The Kier molecular flexibility index (Phi) is 7.64. The second kappa shape index (κ2) is 8.97. The molecule has 0 aromatic heterocycles. The number of rotatable bonds is 9. The van der Waals surface area contributed by atoms with Crippen molar-refractivity contribution in [3.05, 3.63) is 29.3 Å². The van der Waals surface area contributed by atoms with Crippen LogP contribution in [0.4, 0.5) is 0 Å². The molecule has 5 heteroatoms. The Bertz CT molecular complexity index is 463. The van der Waals surface area contributed by atoms with E-state index in [0.29, 0.717) is 4.99 Å². The molecular weight excluding hydrogens is 282 g/mol. The zero-order valence-corrected chi connectivity index (χ0v) is 14.4. The van der Waals surface area contributed by atoms with Crippen molar-refractivity contribution >= 4 is 17.2 Å². The summed E-state index contributed by atoms with van der Waals surface area (Å²) in [5, 5.41) is 0. The van der Waals surface area contributed by atoms with Crippen molar-refractivity contribution < 1.29 is 4.74 Å². The molecular formula is C16H27N3OS. The molecule has 0 spiro atoms. The summed E-state index contributed by atoms with van der Waals surface area (Å²) in [4.78, 5) is 5.03. The highest BCUT2D eigenvalue weighted by molar-refractivity contribution is 7.80. The maximum absolute atomic E-state index is 5.78. The minimum atomic E-state index is 0.379. The zero-order chi connectivity index (χ0) is 15.8. The van der Waals surface area contributed by atoms with Crippen molar-refractivity contribution in [3.8, 4) is 5.75 Å². The maximum atomic E-state index is 5.78. The number of nitrogens with two attached hydrogens (primary N) is 1. The van der Waals surface area contributed by atoms with E-state index in [4.69, 9.17) is 22.7 Å². The number of nitrogens with zero attached hydrogens (tertiary/aromatic N) is 2. The average molecular weight is 309 g/mol. The van der Waals surface area contributed by atoms with Crippen LogP contribution in [0.1, 0.15) is 24.5 Å². The van der Waals surface area contributed by atoms with Crippen molar-refractivity contribution in [2.24, 2.45) is 5.73 Å². The lowest BCUT2D eigenvalue weighted by Crippen LogP contribution is -2.32. The van der Waals surface area contributed by atoms with Crippen LogP contribution in [-0.4, -0.2) is 55.6 Å². The van der Waals surface area contributed by atoms with Crippen LogP contribution < -0.4 is 10.5 Å². The molecule has 0 radical (unpaired) electrons. The standard InChI is InChI=1S/C16H27N3OS/c1-5-8-19(10-9-18(2)3)12-13-6-7-15(20-4)14(11-13)16(17)21/h6-7,11H,5,8-10,12H2,1-4H3,(H2,17,21). The van der Waals surface area contributed by atoms with E-state index in [1.54, 1.807) is 7.11 Å². The fourth-order valence-corrected chi connectivity index (χ4v) is 2.39. The van der Waals surface area contributed by atoms with E-state index in [-0.39, 0.29) is 0 Å². The van der Waals surface area contributed by atoms with Crippen LogP contribution in [-0.2, 0) is 6.54 Å². The van der Waals surface area contributed by atoms with Gasteiger partial charge >= 0.3 is 0 Å². The molecule has 0 aliphatic rings. The Balaban J connectivity index is 2.83. The zero-order valence-electron chi connectivity index (χ0n) is 13.6. The summed E-state index contributed by atoms with van der Waals surface area (Å²) in [7, 11) is 5.84. The van der Waals surface area contributed by atoms with Gasteiger partial charge < -0.3 is 15.4 Å². The van der Waals surface area contributed by atoms with E-state index < -0.39 is 0 Å². The van der Waals surface area contributed by atoms with Gasteiger partial charge in [-0.3, -0.25) is 4.90 Å². The molecule has 0 saturated carbocycles. The number of likely N-dealkylation sites (N-methyl/N-ethyl adjacent to an activating group) is 1. The fourth-order valence-electron chi connectivity index (χ4n) is 2.23. The molecule has 1 aromatic carbocycles. The molecule has 1 aromatic rings. The topological polar surface area (TPSA) is 41.7 Å². The first-order valence-electron chi connectivity index (χ1n) is 7.31. The van der Waals surface area contributed by atoms with Crippen molar-refractivity contribution in [3.63, 3.8) is 0 Å². The molecule has 2 N–H and O–H groups in total. The minimum absolute atomic E-state index is 0.379. The van der Waals surface area contributed by atoms with E-state index in [2.05, 4.69) is 36.9 Å². The van der Waals surface area contributed by atoms with Gasteiger partial charge in [0.25, 0.3) is 0 Å². The predicted molar refractivity (Wildman–Crippen MR) is 93.0 cm³/mol. The second-order valence-electron chi connectivity index (χ2n) is 5.48. The van der Waals surface area contributed by atoms with Crippen LogP contribution in [0, 0.1) is 0 Å². The van der Waals surface area contributed by atoms with Gasteiger partial charge in [-0.2, -0.15) is 0 Å². The van der Waals surface area contributed by atoms with Crippen LogP contribution in [0.25, 0.3) is 0 Å². The van der Waals surface area contributed by atoms with Gasteiger partial charge in [0.15, 0.2) is 0 Å².